The molecule has 4 nitrogen and oxygen atoms in total. The maximum Gasteiger partial charge on any atom is 0.0992 e. The first kappa shape index (κ1) is 13.2. The second kappa shape index (κ2) is 5.31. The van der Waals surface area contributed by atoms with Crippen molar-refractivity contribution in [3.63, 3.8) is 0 Å². The molecule has 3 N–H and O–H groups in total. The zero-order valence-electron chi connectivity index (χ0n) is 11.0. The van der Waals surface area contributed by atoms with Crippen LogP contribution in [-0.2, 0) is 0 Å². The van der Waals surface area contributed by atoms with Gasteiger partial charge in [-0.25, -0.2) is 0 Å². The van der Waals surface area contributed by atoms with E-state index in [1.165, 1.54) is 0 Å². The van der Waals surface area contributed by atoms with Gasteiger partial charge >= 0.3 is 0 Å². The number of halogens is 1. The lowest BCUT2D eigenvalue weighted by Crippen LogP contribution is -1.98. The average molecular weight is 295 g/mol. The summed E-state index contributed by atoms with van der Waals surface area (Å²) in [6.07, 6.45) is 1.73. The zero-order valence-corrected chi connectivity index (χ0v) is 11.7. The van der Waals surface area contributed by atoms with E-state index in [9.17, 15) is 0 Å². The van der Waals surface area contributed by atoms with E-state index in [1.54, 1.807) is 24.4 Å². The number of hydrogen-bond donors (Lipinski definition) is 2. The second-order valence-electron chi connectivity index (χ2n) is 4.53. The molecule has 0 bridgehead atoms. The molecule has 3 aromatic rings. The predicted octanol–water partition coefficient (Wildman–Crippen LogP) is 4.09. The summed E-state index contributed by atoms with van der Waals surface area (Å²) >= 11 is 6.16. The monoisotopic (exact) mass is 294 g/mol. The van der Waals surface area contributed by atoms with Crippen LogP contribution in [0.3, 0.4) is 0 Å². The Morgan fingerprint density at radius 2 is 1.95 bits per heavy atom. The van der Waals surface area contributed by atoms with Crippen molar-refractivity contribution >= 4 is 39.6 Å². The molecule has 3 rings (SSSR count). The third kappa shape index (κ3) is 2.47. The van der Waals surface area contributed by atoms with Gasteiger partial charge < -0.3 is 11.1 Å². The summed E-state index contributed by atoms with van der Waals surface area (Å²) in [6.45, 7) is 0. The molecule has 0 amide bonds. The van der Waals surface area contributed by atoms with Crippen LogP contribution in [0.5, 0.6) is 0 Å². The van der Waals surface area contributed by atoms with Crippen LogP contribution in [0.2, 0.25) is 5.02 Å². The number of hydrogen-bond acceptors (Lipinski definition) is 4. The molecule has 0 saturated heterocycles. The minimum atomic E-state index is 0.472. The first-order chi connectivity index (χ1) is 10.2. The van der Waals surface area contributed by atoms with Gasteiger partial charge in [-0.05, 0) is 42.5 Å². The normalized spacial score (nSPS) is 10.3. The van der Waals surface area contributed by atoms with Gasteiger partial charge in [0.05, 0.1) is 39.2 Å². The van der Waals surface area contributed by atoms with Gasteiger partial charge in [-0.2, -0.15) is 5.26 Å². The highest BCUT2D eigenvalue weighted by Gasteiger charge is 2.07. The van der Waals surface area contributed by atoms with E-state index in [-0.39, 0.29) is 0 Å². The van der Waals surface area contributed by atoms with Gasteiger partial charge in [-0.1, -0.05) is 11.6 Å². The second-order valence-corrected chi connectivity index (χ2v) is 4.94. The fourth-order valence-electron chi connectivity index (χ4n) is 2.12. The van der Waals surface area contributed by atoms with Crippen LogP contribution >= 0.6 is 11.6 Å². The van der Waals surface area contributed by atoms with Crippen molar-refractivity contribution in [1.29, 1.82) is 5.26 Å². The van der Waals surface area contributed by atoms with Crippen LogP contribution in [0.1, 0.15) is 5.56 Å². The number of fused-ring (bicyclic) bond motifs is 1. The number of nitrogens with two attached hydrogens (primary N) is 1. The highest BCUT2D eigenvalue weighted by Crippen LogP contribution is 2.32. The molecule has 2 aromatic carbocycles. The van der Waals surface area contributed by atoms with Crippen molar-refractivity contribution in [1.82, 2.24) is 4.98 Å². The number of nitrogens with one attached hydrogen (secondary N) is 1. The summed E-state index contributed by atoms with van der Waals surface area (Å²) in [5.41, 5.74) is 9.59. The molecule has 0 unspecified atom stereocenters. The molecule has 1 aromatic heterocycles. The Morgan fingerprint density at radius 1 is 1.14 bits per heavy atom. The van der Waals surface area contributed by atoms with Crippen LogP contribution in [0.25, 0.3) is 10.9 Å². The fourth-order valence-corrected chi connectivity index (χ4v) is 2.34. The predicted molar refractivity (Wildman–Crippen MR) is 85.6 cm³/mol. The number of nitrogens with zero attached hydrogens (tertiary/aromatic N) is 2. The topological polar surface area (TPSA) is 74.7 Å². The Balaban J connectivity index is 2.02. The summed E-state index contributed by atoms with van der Waals surface area (Å²) in [5.74, 6) is 0. The SMILES string of the molecule is N#Cc1ccc(Nc2ccc3ncccc3c2N)c(Cl)c1. The number of nitrogen functional groups attached to an aromatic ring is 1. The van der Waals surface area contributed by atoms with Crippen molar-refractivity contribution < 1.29 is 0 Å². The highest BCUT2D eigenvalue weighted by molar-refractivity contribution is 6.33. The standard InChI is InChI=1S/C16H11ClN4/c17-12-8-10(9-18)3-4-14(12)21-15-6-5-13-11(16(15)19)2-1-7-20-13/h1-8,21H,19H2. The molecule has 0 saturated carbocycles. The molecule has 0 aliphatic rings. The van der Waals surface area contributed by atoms with Crippen molar-refractivity contribution in [2.75, 3.05) is 11.1 Å². The molecular formula is C16H11ClN4. The van der Waals surface area contributed by atoms with E-state index in [4.69, 9.17) is 22.6 Å². The summed E-state index contributed by atoms with van der Waals surface area (Å²) in [5, 5.41) is 13.4. The van der Waals surface area contributed by atoms with Gasteiger partial charge in [0.2, 0.25) is 0 Å². The molecule has 102 valence electrons. The van der Waals surface area contributed by atoms with Gasteiger partial charge in [0.15, 0.2) is 0 Å². The highest BCUT2D eigenvalue weighted by atomic mass is 35.5. The molecule has 0 aliphatic carbocycles. The minimum absolute atomic E-state index is 0.472. The van der Waals surface area contributed by atoms with E-state index in [2.05, 4.69) is 10.3 Å². The number of pyridine rings is 1. The lowest BCUT2D eigenvalue weighted by Gasteiger charge is -2.12. The summed E-state index contributed by atoms with van der Waals surface area (Å²) < 4.78 is 0. The smallest absolute Gasteiger partial charge is 0.0992 e. The third-order valence-electron chi connectivity index (χ3n) is 3.19. The minimum Gasteiger partial charge on any atom is -0.396 e. The Morgan fingerprint density at radius 3 is 2.71 bits per heavy atom. The van der Waals surface area contributed by atoms with Crippen LogP contribution in [0, 0.1) is 11.3 Å². The number of anilines is 3. The Labute approximate surface area is 126 Å². The molecule has 0 spiro atoms. The zero-order chi connectivity index (χ0) is 14.8. The molecule has 0 fully saturated rings. The van der Waals surface area contributed by atoms with E-state index in [1.807, 2.05) is 30.3 Å². The molecule has 1 heterocycles. The van der Waals surface area contributed by atoms with E-state index >= 15 is 0 Å². The van der Waals surface area contributed by atoms with Gasteiger partial charge in [-0.3, -0.25) is 4.98 Å². The van der Waals surface area contributed by atoms with Gasteiger partial charge in [0.25, 0.3) is 0 Å². The van der Waals surface area contributed by atoms with Gasteiger partial charge in [-0.15, -0.1) is 0 Å². The molecule has 0 atom stereocenters. The van der Waals surface area contributed by atoms with Crippen LogP contribution in [-0.4, -0.2) is 4.98 Å². The quantitative estimate of drug-likeness (QED) is 0.698. The van der Waals surface area contributed by atoms with Gasteiger partial charge in [0, 0.05) is 11.6 Å². The summed E-state index contributed by atoms with van der Waals surface area (Å²) in [6, 6.07) is 14.6. The number of nitriles is 1. The third-order valence-corrected chi connectivity index (χ3v) is 3.51. The molecule has 0 aliphatic heterocycles. The van der Waals surface area contributed by atoms with Crippen molar-refractivity contribution in [3.05, 3.63) is 59.2 Å². The summed E-state index contributed by atoms with van der Waals surface area (Å²) in [7, 11) is 0. The lowest BCUT2D eigenvalue weighted by atomic mass is 10.1. The number of benzene rings is 2. The lowest BCUT2D eigenvalue weighted by molar-refractivity contribution is 1.41. The number of rotatable bonds is 2. The maximum absolute atomic E-state index is 8.85. The van der Waals surface area contributed by atoms with Crippen LogP contribution in [0.4, 0.5) is 17.1 Å². The van der Waals surface area contributed by atoms with E-state index in [0.29, 0.717) is 22.0 Å². The van der Waals surface area contributed by atoms with E-state index in [0.717, 1.165) is 16.6 Å². The Hall–Kier alpha value is -2.77. The van der Waals surface area contributed by atoms with Crippen LogP contribution < -0.4 is 11.1 Å². The fraction of sp³-hybridized carbons (Fsp3) is 0. The molecule has 5 heteroatoms. The summed E-state index contributed by atoms with van der Waals surface area (Å²) in [4.78, 5) is 4.26. The molecule has 21 heavy (non-hydrogen) atoms. The molecular weight excluding hydrogens is 284 g/mol. The molecule has 0 radical (unpaired) electrons. The number of aromatic nitrogens is 1. The Bertz CT molecular complexity index is 868. The first-order valence-electron chi connectivity index (χ1n) is 6.29. The maximum atomic E-state index is 8.85. The Kier molecular flexibility index (Phi) is 3.35. The average Bonchev–Trinajstić information content (AvgIpc) is 2.52. The van der Waals surface area contributed by atoms with Crippen LogP contribution in [0.15, 0.2) is 48.7 Å². The van der Waals surface area contributed by atoms with Crippen molar-refractivity contribution in [2.45, 2.75) is 0 Å². The first-order valence-corrected chi connectivity index (χ1v) is 6.67. The van der Waals surface area contributed by atoms with E-state index < -0.39 is 0 Å². The largest absolute Gasteiger partial charge is 0.396 e. The van der Waals surface area contributed by atoms with Crippen molar-refractivity contribution in [3.8, 4) is 6.07 Å². The van der Waals surface area contributed by atoms with Crippen molar-refractivity contribution in [2.24, 2.45) is 0 Å². The van der Waals surface area contributed by atoms with Gasteiger partial charge in [0.1, 0.15) is 0 Å².